The molecule has 0 aliphatic heterocycles. The van der Waals surface area contributed by atoms with Crippen molar-refractivity contribution in [2.75, 3.05) is 6.61 Å². The second-order valence-corrected chi connectivity index (χ2v) is 6.89. The van der Waals surface area contributed by atoms with Crippen LogP contribution in [0, 0.1) is 0 Å². The first-order valence-electron chi connectivity index (χ1n) is 7.30. The van der Waals surface area contributed by atoms with E-state index in [9.17, 15) is 9.59 Å². The molecular weight excluding hydrogens is 334 g/mol. The lowest BCUT2D eigenvalue weighted by molar-refractivity contribution is -0.124. The molecule has 1 N–H and O–H groups in total. The van der Waals surface area contributed by atoms with E-state index in [2.05, 4.69) is 17.4 Å². The fourth-order valence-electron chi connectivity index (χ4n) is 2.04. The number of amides is 1. The summed E-state index contributed by atoms with van der Waals surface area (Å²) >= 11 is 6.88. The largest absolute Gasteiger partial charge is 0.451 e. The number of nitrogens with one attached hydrogen (secondary N) is 1. The lowest BCUT2D eigenvalue weighted by Crippen LogP contribution is -2.36. The number of benzene rings is 1. The molecular formula is C17H18ClNO3S. The molecule has 6 heteroatoms. The standard InChI is InChI=1S/C17H18ClNO3S/c1-12(7-8-13-5-3-2-4-6-13)19-16(20)11-22-17(21)14-9-10-15(18)23-14/h2-6,9-10,12H,7-8,11H2,1H3,(H,19,20)/t12-/m1/s1. The molecule has 1 aromatic carbocycles. The van der Waals surface area contributed by atoms with Gasteiger partial charge in [0.1, 0.15) is 4.88 Å². The van der Waals surface area contributed by atoms with Gasteiger partial charge in [-0.3, -0.25) is 4.79 Å². The van der Waals surface area contributed by atoms with Crippen molar-refractivity contribution in [2.45, 2.75) is 25.8 Å². The van der Waals surface area contributed by atoms with Crippen LogP contribution >= 0.6 is 22.9 Å². The molecule has 1 atom stereocenters. The number of hydrogen-bond donors (Lipinski definition) is 1. The first kappa shape index (κ1) is 17.5. The molecule has 2 aromatic rings. The van der Waals surface area contributed by atoms with Crippen LogP contribution in [0.5, 0.6) is 0 Å². The van der Waals surface area contributed by atoms with Crippen LogP contribution < -0.4 is 5.32 Å². The summed E-state index contributed by atoms with van der Waals surface area (Å²) < 4.78 is 5.48. The lowest BCUT2D eigenvalue weighted by Gasteiger charge is -2.13. The number of carbonyl (C=O) groups is 2. The minimum atomic E-state index is -0.533. The van der Waals surface area contributed by atoms with E-state index in [1.165, 1.54) is 5.56 Å². The van der Waals surface area contributed by atoms with Crippen LogP contribution in [0.3, 0.4) is 0 Å². The molecule has 0 radical (unpaired) electrons. The molecule has 0 unspecified atom stereocenters. The Morgan fingerprint density at radius 3 is 2.61 bits per heavy atom. The summed E-state index contributed by atoms with van der Waals surface area (Å²) in [5, 5.41) is 2.82. The van der Waals surface area contributed by atoms with Crippen molar-refractivity contribution in [1.29, 1.82) is 0 Å². The number of carbonyl (C=O) groups excluding carboxylic acids is 2. The number of hydrogen-bond acceptors (Lipinski definition) is 4. The number of aryl methyl sites for hydroxylation is 1. The SMILES string of the molecule is C[C@H](CCc1ccccc1)NC(=O)COC(=O)c1ccc(Cl)s1. The van der Waals surface area contributed by atoms with Crippen LogP contribution in [0.2, 0.25) is 4.34 Å². The molecule has 1 amide bonds. The van der Waals surface area contributed by atoms with Crippen LogP contribution in [-0.2, 0) is 16.0 Å². The summed E-state index contributed by atoms with van der Waals surface area (Å²) in [5.74, 6) is -0.837. The number of halogens is 1. The summed E-state index contributed by atoms with van der Waals surface area (Å²) in [6.07, 6.45) is 1.71. The van der Waals surface area contributed by atoms with Crippen LogP contribution in [-0.4, -0.2) is 24.5 Å². The maximum Gasteiger partial charge on any atom is 0.348 e. The van der Waals surface area contributed by atoms with Gasteiger partial charge in [-0.1, -0.05) is 41.9 Å². The van der Waals surface area contributed by atoms with E-state index in [0.717, 1.165) is 24.2 Å². The molecule has 4 nitrogen and oxygen atoms in total. The summed E-state index contributed by atoms with van der Waals surface area (Å²) in [7, 11) is 0. The number of thiophene rings is 1. The van der Waals surface area contributed by atoms with Gasteiger partial charge in [0, 0.05) is 6.04 Å². The molecule has 0 aliphatic carbocycles. The van der Waals surface area contributed by atoms with Gasteiger partial charge in [0.25, 0.3) is 5.91 Å². The smallest absolute Gasteiger partial charge is 0.348 e. The van der Waals surface area contributed by atoms with Crippen molar-refractivity contribution in [3.05, 3.63) is 57.2 Å². The Morgan fingerprint density at radius 2 is 1.96 bits per heavy atom. The summed E-state index contributed by atoms with van der Waals surface area (Å²) in [6, 6.07) is 13.3. The molecule has 0 aliphatic rings. The fraction of sp³-hybridized carbons (Fsp3) is 0.294. The normalized spacial score (nSPS) is 11.7. The molecule has 1 heterocycles. The Bertz CT molecular complexity index is 657. The minimum absolute atomic E-state index is 0.0117. The first-order valence-corrected chi connectivity index (χ1v) is 8.50. The highest BCUT2D eigenvalue weighted by Gasteiger charge is 2.13. The third-order valence-electron chi connectivity index (χ3n) is 3.22. The highest BCUT2D eigenvalue weighted by Crippen LogP contribution is 2.21. The fourth-order valence-corrected chi connectivity index (χ4v) is 2.98. The zero-order valence-electron chi connectivity index (χ0n) is 12.8. The van der Waals surface area contributed by atoms with Gasteiger partial charge >= 0.3 is 5.97 Å². The Morgan fingerprint density at radius 1 is 1.22 bits per heavy atom. The van der Waals surface area contributed by atoms with Gasteiger partial charge in [-0.25, -0.2) is 4.79 Å². The van der Waals surface area contributed by atoms with Crippen molar-refractivity contribution < 1.29 is 14.3 Å². The predicted octanol–water partition coefficient (Wildman–Crippen LogP) is 3.70. The van der Waals surface area contributed by atoms with Crippen LogP contribution in [0.25, 0.3) is 0 Å². The van der Waals surface area contributed by atoms with Gasteiger partial charge in [-0.05, 0) is 37.5 Å². The second-order valence-electron chi connectivity index (χ2n) is 5.17. The van der Waals surface area contributed by atoms with Crippen molar-refractivity contribution in [2.24, 2.45) is 0 Å². The van der Waals surface area contributed by atoms with Crippen molar-refractivity contribution in [3.63, 3.8) is 0 Å². The van der Waals surface area contributed by atoms with E-state index in [4.69, 9.17) is 16.3 Å². The van der Waals surface area contributed by atoms with Crippen LogP contribution in [0.15, 0.2) is 42.5 Å². The first-order chi connectivity index (χ1) is 11.0. The number of ether oxygens (including phenoxy) is 1. The highest BCUT2D eigenvalue weighted by atomic mass is 35.5. The van der Waals surface area contributed by atoms with Crippen LogP contribution in [0.4, 0.5) is 0 Å². The summed E-state index contributed by atoms with van der Waals surface area (Å²) in [5.41, 5.74) is 1.23. The zero-order chi connectivity index (χ0) is 16.7. The van der Waals surface area contributed by atoms with Gasteiger partial charge in [0.15, 0.2) is 6.61 Å². The second kappa shape index (κ2) is 8.70. The summed E-state index contributed by atoms with van der Waals surface area (Å²) in [6.45, 7) is 1.64. The molecule has 0 saturated heterocycles. The van der Waals surface area contributed by atoms with E-state index in [1.807, 2.05) is 25.1 Å². The zero-order valence-corrected chi connectivity index (χ0v) is 14.3. The van der Waals surface area contributed by atoms with Gasteiger partial charge in [-0.2, -0.15) is 0 Å². The molecule has 2 rings (SSSR count). The molecule has 0 fully saturated rings. The van der Waals surface area contributed by atoms with Gasteiger partial charge in [0.05, 0.1) is 4.34 Å². The van der Waals surface area contributed by atoms with Gasteiger partial charge < -0.3 is 10.1 Å². The molecule has 122 valence electrons. The Labute approximate surface area is 144 Å². The van der Waals surface area contributed by atoms with E-state index in [0.29, 0.717) is 9.21 Å². The van der Waals surface area contributed by atoms with Crippen molar-refractivity contribution >= 4 is 34.8 Å². The Hall–Kier alpha value is -1.85. The average Bonchev–Trinajstić information content (AvgIpc) is 2.98. The molecule has 0 spiro atoms. The van der Waals surface area contributed by atoms with E-state index >= 15 is 0 Å². The number of rotatable bonds is 7. The molecule has 1 aromatic heterocycles. The van der Waals surface area contributed by atoms with E-state index < -0.39 is 5.97 Å². The minimum Gasteiger partial charge on any atom is -0.451 e. The third kappa shape index (κ3) is 6.04. The molecule has 0 saturated carbocycles. The topological polar surface area (TPSA) is 55.4 Å². The molecule has 23 heavy (non-hydrogen) atoms. The Balaban J connectivity index is 1.68. The van der Waals surface area contributed by atoms with Crippen LogP contribution in [0.1, 0.15) is 28.6 Å². The lowest BCUT2D eigenvalue weighted by atomic mass is 10.1. The van der Waals surface area contributed by atoms with Crippen molar-refractivity contribution in [1.82, 2.24) is 5.32 Å². The highest BCUT2D eigenvalue weighted by molar-refractivity contribution is 7.17. The Kier molecular flexibility index (Phi) is 6.62. The van der Waals surface area contributed by atoms with Crippen molar-refractivity contribution in [3.8, 4) is 0 Å². The van der Waals surface area contributed by atoms with Gasteiger partial charge in [0.2, 0.25) is 0 Å². The van der Waals surface area contributed by atoms with E-state index in [1.54, 1.807) is 12.1 Å². The predicted molar refractivity (Wildman–Crippen MR) is 92.0 cm³/mol. The number of esters is 1. The maximum atomic E-state index is 11.8. The van der Waals surface area contributed by atoms with Gasteiger partial charge in [-0.15, -0.1) is 11.3 Å². The third-order valence-corrected chi connectivity index (χ3v) is 4.44. The quantitative estimate of drug-likeness (QED) is 0.774. The van der Waals surface area contributed by atoms with E-state index in [-0.39, 0.29) is 18.6 Å². The monoisotopic (exact) mass is 351 g/mol. The summed E-state index contributed by atoms with van der Waals surface area (Å²) in [4.78, 5) is 23.9. The average molecular weight is 352 g/mol. The molecule has 0 bridgehead atoms. The maximum absolute atomic E-state index is 11.8.